The molecule has 0 heterocycles. The summed E-state index contributed by atoms with van der Waals surface area (Å²) in [6, 6.07) is 7.57. The molecule has 4 nitrogen and oxygen atoms in total. The van der Waals surface area contributed by atoms with Crippen LogP contribution in [0.3, 0.4) is 0 Å². The Labute approximate surface area is 116 Å². The molecular weight excluding hydrogens is 262 g/mol. The van der Waals surface area contributed by atoms with Crippen molar-refractivity contribution in [3.8, 4) is 5.75 Å². The molecule has 1 aromatic carbocycles. The number of sulfonamides is 1. The molecule has 0 aliphatic rings. The van der Waals surface area contributed by atoms with Gasteiger partial charge < -0.3 is 4.74 Å². The Morgan fingerprint density at radius 1 is 1.37 bits per heavy atom. The van der Waals surface area contributed by atoms with Crippen LogP contribution in [0.15, 0.2) is 24.3 Å². The lowest BCUT2D eigenvalue weighted by molar-refractivity contribution is 0.414. The maximum Gasteiger partial charge on any atom is 0.211 e. The molecule has 0 spiro atoms. The van der Waals surface area contributed by atoms with Gasteiger partial charge in [-0.1, -0.05) is 25.5 Å². The van der Waals surface area contributed by atoms with Gasteiger partial charge in [0.25, 0.3) is 0 Å². The minimum atomic E-state index is -3.16. The van der Waals surface area contributed by atoms with E-state index < -0.39 is 10.0 Å². The van der Waals surface area contributed by atoms with E-state index in [4.69, 9.17) is 4.74 Å². The van der Waals surface area contributed by atoms with Crippen LogP contribution in [0.5, 0.6) is 5.75 Å². The molecular formula is C14H23NO3S. The topological polar surface area (TPSA) is 55.4 Å². The first-order valence-electron chi connectivity index (χ1n) is 6.59. The lowest BCUT2D eigenvalue weighted by Crippen LogP contribution is -2.35. The average Bonchev–Trinajstić information content (AvgIpc) is 2.36. The molecule has 1 aromatic rings. The number of hydrogen-bond donors (Lipinski definition) is 1. The van der Waals surface area contributed by atoms with Gasteiger partial charge in [-0.05, 0) is 37.5 Å². The molecule has 0 aromatic heterocycles. The van der Waals surface area contributed by atoms with Gasteiger partial charge in [0.2, 0.25) is 10.0 Å². The highest BCUT2D eigenvalue weighted by atomic mass is 32.2. The van der Waals surface area contributed by atoms with Crippen molar-refractivity contribution in [3.05, 3.63) is 29.8 Å². The Hall–Kier alpha value is -1.07. The summed E-state index contributed by atoms with van der Waals surface area (Å²) in [6.45, 7) is 3.86. The van der Waals surface area contributed by atoms with E-state index in [0.29, 0.717) is 12.8 Å². The Kier molecular flexibility index (Phi) is 6.31. The molecule has 19 heavy (non-hydrogen) atoms. The number of nitrogens with one attached hydrogen (secondary N) is 1. The van der Waals surface area contributed by atoms with Crippen LogP contribution in [0.25, 0.3) is 0 Å². The largest absolute Gasteiger partial charge is 0.497 e. The van der Waals surface area contributed by atoms with Crippen molar-refractivity contribution in [3.63, 3.8) is 0 Å². The second-order valence-corrected chi connectivity index (χ2v) is 6.62. The predicted molar refractivity (Wildman–Crippen MR) is 78.0 cm³/mol. The molecule has 0 radical (unpaired) electrons. The van der Waals surface area contributed by atoms with Gasteiger partial charge in [0, 0.05) is 6.04 Å². The smallest absolute Gasteiger partial charge is 0.211 e. The quantitative estimate of drug-likeness (QED) is 0.797. The number of rotatable bonds is 8. The summed E-state index contributed by atoms with van der Waals surface area (Å²) in [6.07, 6.45) is 2.23. The van der Waals surface area contributed by atoms with E-state index in [1.54, 1.807) is 7.11 Å². The number of benzene rings is 1. The molecule has 0 amide bonds. The zero-order valence-corrected chi connectivity index (χ0v) is 12.7. The van der Waals surface area contributed by atoms with E-state index in [2.05, 4.69) is 4.72 Å². The van der Waals surface area contributed by atoms with Crippen LogP contribution in [-0.2, 0) is 16.4 Å². The molecule has 0 saturated heterocycles. The van der Waals surface area contributed by atoms with E-state index in [9.17, 15) is 8.42 Å². The van der Waals surface area contributed by atoms with Crippen molar-refractivity contribution in [2.45, 2.75) is 39.2 Å². The highest BCUT2D eigenvalue weighted by Gasteiger charge is 2.14. The van der Waals surface area contributed by atoms with E-state index in [1.807, 2.05) is 38.1 Å². The first-order valence-corrected chi connectivity index (χ1v) is 8.25. The zero-order valence-electron chi connectivity index (χ0n) is 11.8. The van der Waals surface area contributed by atoms with Crippen LogP contribution in [0.4, 0.5) is 0 Å². The first-order chi connectivity index (χ1) is 8.96. The molecule has 108 valence electrons. The van der Waals surface area contributed by atoms with Gasteiger partial charge in [-0.25, -0.2) is 13.1 Å². The third kappa shape index (κ3) is 6.07. The maximum atomic E-state index is 11.8. The maximum absolute atomic E-state index is 11.8. The number of methoxy groups -OCH3 is 1. The summed E-state index contributed by atoms with van der Waals surface area (Å²) in [4.78, 5) is 0. The second-order valence-electron chi connectivity index (χ2n) is 4.75. The van der Waals surface area contributed by atoms with Gasteiger partial charge in [-0.15, -0.1) is 0 Å². The fraction of sp³-hybridized carbons (Fsp3) is 0.571. The standard InChI is InChI=1S/C14H23NO3S/c1-4-5-9-19(16,17)15-12(2)10-13-7-6-8-14(11-13)18-3/h6-8,11-12,15H,4-5,9-10H2,1-3H3. The van der Waals surface area contributed by atoms with Crippen molar-refractivity contribution in [1.82, 2.24) is 4.72 Å². The molecule has 1 rings (SSSR count). The van der Waals surface area contributed by atoms with Crippen molar-refractivity contribution in [2.75, 3.05) is 12.9 Å². The molecule has 0 aliphatic heterocycles. The predicted octanol–water partition coefficient (Wildman–Crippen LogP) is 2.35. The van der Waals surface area contributed by atoms with Gasteiger partial charge in [-0.3, -0.25) is 0 Å². The van der Waals surface area contributed by atoms with Gasteiger partial charge in [0.1, 0.15) is 5.75 Å². The molecule has 0 aliphatic carbocycles. The van der Waals surface area contributed by atoms with Gasteiger partial charge in [0.15, 0.2) is 0 Å². The minimum Gasteiger partial charge on any atom is -0.497 e. The van der Waals surface area contributed by atoms with Gasteiger partial charge >= 0.3 is 0 Å². The van der Waals surface area contributed by atoms with E-state index in [0.717, 1.165) is 17.7 Å². The fourth-order valence-electron chi connectivity index (χ4n) is 1.89. The lowest BCUT2D eigenvalue weighted by atomic mass is 10.1. The van der Waals surface area contributed by atoms with E-state index in [-0.39, 0.29) is 11.8 Å². The molecule has 0 saturated carbocycles. The van der Waals surface area contributed by atoms with Crippen LogP contribution >= 0.6 is 0 Å². The molecule has 0 bridgehead atoms. The number of ether oxygens (including phenoxy) is 1. The van der Waals surface area contributed by atoms with E-state index in [1.165, 1.54) is 0 Å². The lowest BCUT2D eigenvalue weighted by Gasteiger charge is -2.14. The second kappa shape index (κ2) is 7.50. The molecule has 1 unspecified atom stereocenters. The first kappa shape index (κ1) is 16.0. The van der Waals surface area contributed by atoms with Crippen LogP contribution in [0, 0.1) is 0 Å². The van der Waals surface area contributed by atoms with Crippen molar-refractivity contribution < 1.29 is 13.2 Å². The van der Waals surface area contributed by atoms with Crippen LogP contribution in [0.2, 0.25) is 0 Å². The summed E-state index contributed by atoms with van der Waals surface area (Å²) in [5.41, 5.74) is 1.06. The Morgan fingerprint density at radius 2 is 2.11 bits per heavy atom. The van der Waals surface area contributed by atoms with E-state index >= 15 is 0 Å². The van der Waals surface area contributed by atoms with Crippen LogP contribution in [0.1, 0.15) is 32.3 Å². The Balaban J connectivity index is 2.57. The van der Waals surface area contributed by atoms with Crippen molar-refractivity contribution in [1.29, 1.82) is 0 Å². The van der Waals surface area contributed by atoms with Gasteiger partial charge in [0.05, 0.1) is 12.9 Å². The summed E-state index contributed by atoms with van der Waals surface area (Å²) in [5.74, 6) is 0.991. The number of unbranched alkanes of at least 4 members (excludes halogenated alkanes) is 1. The monoisotopic (exact) mass is 285 g/mol. The third-order valence-electron chi connectivity index (χ3n) is 2.82. The summed E-state index contributed by atoms with van der Waals surface area (Å²) < 4.78 is 31.4. The Bertz CT molecular complexity index is 485. The minimum absolute atomic E-state index is 0.117. The fourth-order valence-corrected chi connectivity index (χ4v) is 3.38. The highest BCUT2D eigenvalue weighted by molar-refractivity contribution is 7.89. The molecule has 5 heteroatoms. The number of hydrogen-bond acceptors (Lipinski definition) is 3. The zero-order chi connectivity index (χ0) is 14.3. The Morgan fingerprint density at radius 3 is 2.74 bits per heavy atom. The van der Waals surface area contributed by atoms with Gasteiger partial charge in [-0.2, -0.15) is 0 Å². The SMILES string of the molecule is CCCCS(=O)(=O)NC(C)Cc1cccc(OC)c1. The highest BCUT2D eigenvalue weighted by Crippen LogP contribution is 2.14. The van der Waals surface area contributed by atoms with Crippen molar-refractivity contribution >= 4 is 10.0 Å². The summed E-state index contributed by atoms with van der Waals surface area (Å²) in [7, 11) is -1.54. The van der Waals surface area contributed by atoms with Crippen LogP contribution in [-0.4, -0.2) is 27.3 Å². The molecule has 1 atom stereocenters. The molecule has 1 N–H and O–H groups in total. The molecule has 0 fully saturated rings. The summed E-state index contributed by atoms with van der Waals surface area (Å²) >= 11 is 0. The average molecular weight is 285 g/mol. The summed E-state index contributed by atoms with van der Waals surface area (Å²) in [5, 5.41) is 0. The normalized spacial score (nSPS) is 13.2. The van der Waals surface area contributed by atoms with Crippen LogP contribution < -0.4 is 9.46 Å². The third-order valence-corrected chi connectivity index (χ3v) is 4.41. The van der Waals surface area contributed by atoms with Crippen molar-refractivity contribution in [2.24, 2.45) is 0 Å².